The second kappa shape index (κ2) is 10.7. The minimum absolute atomic E-state index is 0.0201. The van der Waals surface area contributed by atoms with Crippen LogP contribution in [0, 0.1) is 6.92 Å². The summed E-state index contributed by atoms with van der Waals surface area (Å²) in [5.74, 6) is -0.236. The number of hydrogen-bond acceptors (Lipinski definition) is 5. The van der Waals surface area contributed by atoms with E-state index < -0.39 is 20.6 Å². The van der Waals surface area contributed by atoms with Gasteiger partial charge in [0.05, 0.1) is 29.1 Å². The van der Waals surface area contributed by atoms with Gasteiger partial charge in [-0.1, -0.05) is 66.2 Å². The molecule has 7 nitrogen and oxygen atoms in total. The second-order valence-corrected chi connectivity index (χ2v) is 10.6. The molecule has 1 amide bonds. The average Bonchev–Trinajstić information content (AvgIpc) is 3.62. The predicted octanol–water partition coefficient (Wildman–Crippen LogP) is 5.57. The van der Waals surface area contributed by atoms with E-state index in [2.05, 4.69) is 5.32 Å². The lowest BCUT2D eigenvalue weighted by Gasteiger charge is -2.10. The highest BCUT2D eigenvalue weighted by molar-refractivity contribution is 7.96. The van der Waals surface area contributed by atoms with E-state index in [0.717, 1.165) is 16.8 Å². The van der Waals surface area contributed by atoms with Crippen LogP contribution in [0.1, 0.15) is 16.9 Å². The molecule has 8 heteroatoms. The fourth-order valence-corrected chi connectivity index (χ4v) is 5.31. The number of hydrogen-bond donors (Lipinski definition) is 1. The van der Waals surface area contributed by atoms with Gasteiger partial charge in [0, 0.05) is 17.3 Å². The van der Waals surface area contributed by atoms with E-state index in [9.17, 15) is 13.2 Å². The number of amides is 1. The zero-order valence-corrected chi connectivity index (χ0v) is 21.4. The van der Waals surface area contributed by atoms with Crippen molar-refractivity contribution >= 4 is 21.8 Å². The number of sulfone groups is 1. The molecule has 2 aromatic heterocycles. The molecule has 5 aromatic rings. The minimum Gasteiger partial charge on any atom is -0.467 e. The number of aromatic nitrogens is 2. The Kier molecular flexibility index (Phi) is 7.06. The zero-order valence-electron chi connectivity index (χ0n) is 20.6. The van der Waals surface area contributed by atoms with Crippen LogP contribution < -0.4 is 5.32 Å². The van der Waals surface area contributed by atoms with Crippen LogP contribution in [0.25, 0.3) is 23.0 Å². The molecule has 0 saturated heterocycles. The first-order valence-corrected chi connectivity index (χ1v) is 13.4. The molecule has 0 aliphatic rings. The van der Waals surface area contributed by atoms with Crippen LogP contribution in [0.2, 0.25) is 0 Å². The van der Waals surface area contributed by atoms with Gasteiger partial charge in [-0.2, -0.15) is 5.10 Å². The Hall–Kier alpha value is -4.69. The smallest absolute Gasteiger partial charge is 0.263 e. The summed E-state index contributed by atoms with van der Waals surface area (Å²) >= 11 is 0. The lowest BCUT2D eigenvalue weighted by Crippen LogP contribution is -2.28. The van der Waals surface area contributed by atoms with Gasteiger partial charge in [-0.3, -0.25) is 4.79 Å². The molecule has 5 rings (SSSR count). The summed E-state index contributed by atoms with van der Waals surface area (Å²) in [6.45, 7) is 2.03. The number of furan rings is 1. The number of para-hydroxylation sites is 1. The highest BCUT2D eigenvalue weighted by Gasteiger charge is 2.28. The quantitative estimate of drug-likeness (QED) is 0.268. The fraction of sp³-hybridized carbons (Fsp3) is 0.0667. The molecule has 2 heterocycles. The van der Waals surface area contributed by atoms with Crippen molar-refractivity contribution < 1.29 is 17.6 Å². The van der Waals surface area contributed by atoms with Crippen LogP contribution >= 0.6 is 0 Å². The molecule has 0 radical (unpaired) electrons. The summed E-state index contributed by atoms with van der Waals surface area (Å²) in [5, 5.41) is 7.44. The molecule has 0 unspecified atom stereocenters. The summed E-state index contributed by atoms with van der Waals surface area (Å²) in [4.78, 5) is 13.0. The normalized spacial score (nSPS) is 11.9. The number of benzene rings is 3. The average molecular weight is 524 g/mol. The van der Waals surface area contributed by atoms with Crippen molar-refractivity contribution in [2.45, 2.75) is 18.4 Å². The molecular formula is C30H25N3O4S. The van der Waals surface area contributed by atoms with Crippen molar-refractivity contribution in [3.05, 3.63) is 131 Å². The highest BCUT2D eigenvalue weighted by atomic mass is 32.2. The van der Waals surface area contributed by atoms with Gasteiger partial charge < -0.3 is 9.73 Å². The third kappa shape index (κ3) is 5.35. The van der Waals surface area contributed by atoms with E-state index in [1.54, 1.807) is 41.2 Å². The van der Waals surface area contributed by atoms with Gasteiger partial charge in [0.15, 0.2) is 0 Å². The molecule has 1 N–H and O–H groups in total. The number of aryl methyl sites for hydroxylation is 1. The van der Waals surface area contributed by atoms with Crippen LogP contribution in [-0.4, -0.2) is 24.1 Å². The Morgan fingerprint density at radius 1 is 0.921 bits per heavy atom. The first-order valence-electron chi connectivity index (χ1n) is 12.0. The lowest BCUT2D eigenvalue weighted by atomic mass is 10.1. The van der Waals surface area contributed by atoms with Gasteiger partial charge in [-0.25, -0.2) is 13.1 Å². The molecule has 190 valence electrons. The van der Waals surface area contributed by atoms with E-state index in [4.69, 9.17) is 9.52 Å². The molecular weight excluding hydrogens is 498 g/mol. The van der Waals surface area contributed by atoms with Crippen molar-refractivity contribution in [2.24, 2.45) is 0 Å². The molecule has 0 saturated carbocycles. The maximum atomic E-state index is 13.7. The van der Waals surface area contributed by atoms with E-state index in [-0.39, 0.29) is 11.4 Å². The summed E-state index contributed by atoms with van der Waals surface area (Å²) in [5.41, 5.74) is 3.71. The zero-order chi connectivity index (χ0) is 26.5. The second-order valence-electron chi connectivity index (χ2n) is 8.67. The Bertz CT molecular complexity index is 1670. The Balaban J connectivity index is 1.65. The standard InChI is InChI=1S/C30H25N3O4S/c1-22-14-16-23(17-15-22)29-24(21-33(32-29)25-9-4-2-5-10-25)19-28(30(34)31-20-26-11-8-18-37-26)38(35,36)27-12-6-3-7-13-27/h2-19,21H,20H2,1H3,(H,31,34). The number of nitrogens with zero attached hydrogens (tertiary/aromatic N) is 2. The third-order valence-electron chi connectivity index (χ3n) is 5.94. The van der Waals surface area contributed by atoms with Crippen molar-refractivity contribution in [2.75, 3.05) is 0 Å². The molecule has 0 atom stereocenters. The lowest BCUT2D eigenvalue weighted by molar-refractivity contribution is -0.117. The van der Waals surface area contributed by atoms with E-state index in [1.807, 2.05) is 61.5 Å². The van der Waals surface area contributed by atoms with E-state index >= 15 is 0 Å². The molecule has 0 bridgehead atoms. The van der Waals surface area contributed by atoms with E-state index in [1.165, 1.54) is 24.5 Å². The minimum atomic E-state index is -4.17. The van der Waals surface area contributed by atoms with Crippen molar-refractivity contribution in [3.63, 3.8) is 0 Å². The number of carbonyl (C=O) groups is 1. The van der Waals surface area contributed by atoms with Crippen molar-refractivity contribution in [3.8, 4) is 16.9 Å². The first-order chi connectivity index (χ1) is 18.4. The highest BCUT2D eigenvalue weighted by Crippen LogP contribution is 2.29. The molecule has 3 aromatic carbocycles. The monoisotopic (exact) mass is 523 g/mol. The van der Waals surface area contributed by atoms with Crippen molar-refractivity contribution in [1.29, 1.82) is 0 Å². The van der Waals surface area contributed by atoms with Gasteiger partial charge in [0.1, 0.15) is 10.7 Å². The van der Waals surface area contributed by atoms with E-state index in [0.29, 0.717) is 17.0 Å². The maximum Gasteiger partial charge on any atom is 0.263 e. The fourth-order valence-electron chi connectivity index (χ4n) is 3.94. The first kappa shape index (κ1) is 25.0. The van der Waals surface area contributed by atoms with Crippen LogP contribution in [-0.2, 0) is 21.2 Å². The summed E-state index contributed by atoms with van der Waals surface area (Å²) in [6, 6.07) is 28.6. The Labute approximate surface area is 221 Å². The van der Waals surface area contributed by atoms with Crippen LogP contribution in [0.5, 0.6) is 0 Å². The molecule has 0 aliphatic heterocycles. The third-order valence-corrected chi connectivity index (χ3v) is 7.72. The maximum absolute atomic E-state index is 13.7. The van der Waals surface area contributed by atoms with Gasteiger partial charge in [-0.05, 0) is 49.4 Å². The molecule has 0 aliphatic carbocycles. The number of rotatable bonds is 8. The molecule has 0 spiro atoms. The SMILES string of the molecule is Cc1ccc(-c2nn(-c3ccccc3)cc2C=C(C(=O)NCc2ccco2)S(=O)(=O)c2ccccc2)cc1. The van der Waals surface area contributed by atoms with Crippen LogP contribution in [0.15, 0.2) is 124 Å². The van der Waals surface area contributed by atoms with Gasteiger partial charge in [0.2, 0.25) is 9.84 Å². The summed E-state index contributed by atoms with van der Waals surface area (Å²) in [6.07, 6.45) is 4.61. The van der Waals surface area contributed by atoms with Crippen molar-refractivity contribution in [1.82, 2.24) is 15.1 Å². The topological polar surface area (TPSA) is 94.2 Å². The number of nitrogens with one attached hydrogen (secondary N) is 1. The molecule has 38 heavy (non-hydrogen) atoms. The Morgan fingerprint density at radius 2 is 1.61 bits per heavy atom. The van der Waals surface area contributed by atoms with Gasteiger partial charge in [-0.15, -0.1) is 0 Å². The van der Waals surface area contributed by atoms with Crippen LogP contribution in [0.3, 0.4) is 0 Å². The largest absolute Gasteiger partial charge is 0.467 e. The summed E-state index contributed by atoms with van der Waals surface area (Å²) in [7, 11) is -4.17. The molecule has 0 fully saturated rings. The van der Waals surface area contributed by atoms with Gasteiger partial charge >= 0.3 is 0 Å². The number of carbonyl (C=O) groups excluding carboxylic acids is 1. The van der Waals surface area contributed by atoms with Crippen LogP contribution in [0.4, 0.5) is 0 Å². The van der Waals surface area contributed by atoms with Gasteiger partial charge in [0.25, 0.3) is 5.91 Å². The Morgan fingerprint density at radius 3 is 2.26 bits per heavy atom. The summed E-state index contributed by atoms with van der Waals surface area (Å²) < 4.78 is 34.4. The predicted molar refractivity (Wildman–Crippen MR) is 146 cm³/mol.